The molecule has 1 aromatic heterocycles. The monoisotopic (exact) mass is 395 g/mol. The highest BCUT2D eigenvalue weighted by Gasteiger charge is 2.16. The van der Waals surface area contributed by atoms with Gasteiger partial charge >= 0.3 is 0 Å². The molecule has 1 aromatic rings. The van der Waals surface area contributed by atoms with Gasteiger partial charge in [-0.25, -0.2) is 4.98 Å². The van der Waals surface area contributed by atoms with Gasteiger partial charge in [0.25, 0.3) is 5.56 Å². The lowest BCUT2D eigenvalue weighted by atomic mass is 9.95. The summed E-state index contributed by atoms with van der Waals surface area (Å²) in [5.41, 5.74) is -0.278. The highest BCUT2D eigenvalue weighted by molar-refractivity contribution is 14.1. The van der Waals surface area contributed by atoms with Crippen molar-refractivity contribution in [2.75, 3.05) is 0 Å². The molecule has 1 N–H and O–H groups in total. The van der Waals surface area contributed by atoms with E-state index in [4.69, 9.17) is 11.6 Å². The molecule has 0 radical (unpaired) electrons. The molecule has 1 fully saturated rings. The highest BCUT2D eigenvalue weighted by atomic mass is 127. The van der Waals surface area contributed by atoms with Gasteiger partial charge < -0.3 is 5.32 Å². The molecular formula is C12H15ClIN3O2. The van der Waals surface area contributed by atoms with E-state index in [9.17, 15) is 9.59 Å². The fourth-order valence-corrected chi connectivity index (χ4v) is 2.80. The van der Waals surface area contributed by atoms with Crippen molar-refractivity contribution in [1.82, 2.24) is 14.9 Å². The Morgan fingerprint density at radius 3 is 2.84 bits per heavy atom. The summed E-state index contributed by atoms with van der Waals surface area (Å²) in [6.45, 7) is -0.00446. The molecule has 1 heterocycles. The molecule has 0 bridgehead atoms. The van der Waals surface area contributed by atoms with E-state index in [0.29, 0.717) is 3.57 Å². The van der Waals surface area contributed by atoms with Gasteiger partial charge in [0.2, 0.25) is 5.91 Å². The Morgan fingerprint density at radius 2 is 2.16 bits per heavy atom. The molecular weight excluding hydrogens is 381 g/mol. The van der Waals surface area contributed by atoms with E-state index >= 15 is 0 Å². The molecule has 0 unspecified atom stereocenters. The molecule has 0 atom stereocenters. The van der Waals surface area contributed by atoms with E-state index in [1.165, 1.54) is 17.3 Å². The Bertz CT molecular complexity index is 526. The van der Waals surface area contributed by atoms with Crippen LogP contribution < -0.4 is 10.9 Å². The van der Waals surface area contributed by atoms with E-state index in [2.05, 4.69) is 10.3 Å². The summed E-state index contributed by atoms with van der Waals surface area (Å²) in [4.78, 5) is 27.6. The number of carbonyl (C=O) groups excluding carboxylic acids is 1. The number of hydrogen-bond donors (Lipinski definition) is 1. The third-order valence-electron chi connectivity index (χ3n) is 3.22. The summed E-state index contributed by atoms with van der Waals surface area (Å²) < 4.78 is 1.62. The van der Waals surface area contributed by atoms with Crippen LogP contribution in [0.2, 0.25) is 5.15 Å². The zero-order valence-corrected chi connectivity index (χ0v) is 13.3. The van der Waals surface area contributed by atoms with Crippen LogP contribution in [0.4, 0.5) is 0 Å². The van der Waals surface area contributed by atoms with Gasteiger partial charge in [0, 0.05) is 6.04 Å². The first-order chi connectivity index (χ1) is 9.08. The average molecular weight is 396 g/mol. The maximum atomic E-state index is 11.9. The summed E-state index contributed by atoms with van der Waals surface area (Å²) in [6, 6.07) is 0.247. The number of halogens is 2. The topological polar surface area (TPSA) is 64.0 Å². The Balaban J connectivity index is 1.99. The van der Waals surface area contributed by atoms with Gasteiger partial charge in [0.05, 0.1) is 6.33 Å². The first kappa shape index (κ1) is 14.8. The van der Waals surface area contributed by atoms with Gasteiger partial charge in [-0.1, -0.05) is 30.9 Å². The molecule has 1 aliphatic rings. The van der Waals surface area contributed by atoms with Gasteiger partial charge in [-0.3, -0.25) is 14.2 Å². The van der Waals surface area contributed by atoms with Crippen molar-refractivity contribution in [3.63, 3.8) is 0 Å². The zero-order chi connectivity index (χ0) is 13.8. The lowest BCUT2D eigenvalue weighted by Crippen LogP contribution is -2.40. The highest BCUT2D eigenvalue weighted by Crippen LogP contribution is 2.17. The SMILES string of the molecule is O=C(Cn1cnc(Cl)c(I)c1=O)NC1CCCCC1. The Labute approximate surface area is 129 Å². The number of amides is 1. The molecule has 1 amide bonds. The van der Waals surface area contributed by atoms with Crippen LogP contribution in [0.25, 0.3) is 0 Å². The second-order valence-corrected chi connectivity index (χ2v) is 6.12. The molecule has 7 heteroatoms. The second kappa shape index (κ2) is 6.69. The van der Waals surface area contributed by atoms with Crippen LogP contribution in [-0.4, -0.2) is 21.5 Å². The first-order valence-electron chi connectivity index (χ1n) is 6.27. The number of rotatable bonds is 3. The molecule has 19 heavy (non-hydrogen) atoms. The van der Waals surface area contributed by atoms with E-state index in [1.807, 2.05) is 22.6 Å². The van der Waals surface area contributed by atoms with E-state index in [0.717, 1.165) is 25.7 Å². The van der Waals surface area contributed by atoms with Gasteiger partial charge in [-0.05, 0) is 35.4 Å². The van der Waals surface area contributed by atoms with Crippen LogP contribution in [0.5, 0.6) is 0 Å². The van der Waals surface area contributed by atoms with Crippen molar-refractivity contribution in [2.24, 2.45) is 0 Å². The standard InChI is InChI=1S/C12H15ClIN3O2/c13-11-10(14)12(19)17(7-15-11)6-9(18)16-8-4-2-1-3-5-8/h7-8H,1-6H2,(H,16,18). The van der Waals surface area contributed by atoms with E-state index in [1.54, 1.807) is 0 Å². The maximum Gasteiger partial charge on any atom is 0.268 e. The fraction of sp³-hybridized carbons (Fsp3) is 0.583. The number of hydrogen-bond acceptors (Lipinski definition) is 3. The van der Waals surface area contributed by atoms with Crippen molar-refractivity contribution in [3.05, 3.63) is 25.4 Å². The first-order valence-corrected chi connectivity index (χ1v) is 7.73. The molecule has 0 aromatic carbocycles. The lowest BCUT2D eigenvalue weighted by Gasteiger charge is -2.22. The van der Waals surface area contributed by atoms with Gasteiger partial charge in [-0.2, -0.15) is 0 Å². The Kier molecular flexibility index (Phi) is 5.20. The van der Waals surface area contributed by atoms with Crippen LogP contribution in [0.15, 0.2) is 11.1 Å². The summed E-state index contributed by atoms with van der Waals surface area (Å²) >= 11 is 7.58. The van der Waals surface area contributed by atoms with Crippen molar-refractivity contribution in [1.29, 1.82) is 0 Å². The van der Waals surface area contributed by atoms with Crippen LogP contribution in [-0.2, 0) is 11.3 Å². The number of aromatic nitrogens is 2. The fourth-order valence-electron chi connectivity index (χ4n) is 2.23. The van der Waals surface area contributed by atoms with Crippen molar-refractivity contribution in [2.45, 2.75) is 44.7 Å². The second-order valence-electron chi connectivity index (χ2n) is 4.68. The largest absolute Gasteiger partial charge is 0.352 e. The predicted molar refractivity (Wildman–Crippen MR) is 81.2 cm³/mol. The number of nitrogens with zero attached hydrogens (tertiary/aromatic N) is 2. The minimum absolute atomic E-state index is 0.00446. The predicted octanol–water partition coefficient (Wildman–Crippen LogP) is 1.95. The molecule has 2 rings (SSSR count). The molecule has 104 valence electrons. The third kappa shape index (κ3) is 3.92. The van der Waals surface area contributed by atoms with Crippen molar-refractivity contribution in [3.8, 4) is 0 Å². The van der Waals surface area contributed by atoms with Crippen LogP contribution in [0.1, 0.15) is 32.1 Å². The summed E-state index contributed by atoms with van der Waals surface area (Å²) in [5.74, 6) is -0.145. The van der Waals surface area contributed by atoms with Crippen molar-refractivity contribution < 1.29 is 4.79 Å². The third-order valence-corrected chi connectivity index (χ3v) is 4.80. The quantitative estimate of drug-likeness (QED) is 0.628. The van der Waals surface area contributed by atoms with Crippen LogP contribution in [0.3, 0.4) is 0 Å². The van der Waals surface area contributed by atoms with Crippen LogP contribution >= 0.6 is 34.2 Å². The minimum atomic E-state index is -0.278. The zero-order valence-electron chi connectivity index (χ0n) is 10.4. The summed E-state index contributed by atoms with van der Waals surface area (Å²) in [7, 11) is 0. The molecule has 5 nitrogen and oxygen atoms in total. The molecule has 0 spiro atoms. The molecule has 1 aliphatic carbocycles. The number of nitrogens with one attached hydrogen (secondary N) is 1. The Hall–Kier alpha value is -0.630. The summed E-state index contributed by atoms with van der Waals surface area (Å²) in [5, 5.41) is 3.14. The Morgan fingerprint density at radius 1 is 1.47 bits per heavy atom. The van der Waals surface area contributed by atoms with Crippen molar-refractivity contribution >= 4 is 40.1 Å². The molecule has 0 saturated heterocycles. The molecule has 1 saturated carbocycles. The normalized spacial score (nSPS) is 16.3. The van der Waals surface area contributed by atoms with E-state index in [-0.39, 0.29) is 29.2 Å². The van der Waals surface area contributed by atoms with Gasteiger partial charge in [-0.15, -0.1) is 0 Å². The summed E-state index contributed by atoms with van der Waals surface area (Å²) in [6.07, 6.45) is 6.92. The molecule has 0 aliphatic heterocycles. The van der Waals surface area contributed by atoms with Crippen LogP contribution in [0, 0.1) is 3.57 Å². The minimum Gasteiger partial charge on any atom is -0.352 e. The van der Waals surface area contributed by atoms with Gasteiger partial charge in [0.1, 0.15) is 15.3 Å². The number of carbonyl (C=O) groups is 1. The average Bonchev–Trinajstić information content (AvgIpc) is 2.41. The van der Waals surface area contributed by atoms with Gasteiger partial charge in [0.15, 0.2) is 0 Å². The van der Waals surface area contributed by atoms with E-state index < -0.39 is 0 Å². The lowest BCUT2D eigenvalue weighted by molar-refractivity contribution is -0.122. The smallest absolute Gasteiger partial charge is 0.268 e. The maximum absolute atomic E-state index is 11.9.